The van der Waals surface area contributed by atoms with Crippen molar-refractivity contribution in [1.82, 2.24) is 19.5 Å². The van der Waals surface area contributed by atoms with Crippen LogP contribution >= 0.6 is 0 Å². The number of hydrogen-bond donors (Lipinski definition) is 0. The maximum Gasteiger partial charge on any atom is 0.303 e. The van der Waals surface area contributed by atoms with E-state index >= 15 is 0 Å². The van der Waals surface area contributed by atoms with Crippen molar-refractivity contribution in [1.29, 1.82) is 0 Å². The first-order chi connectivity index (χ1) is 19.8. The monoisotopic (exact) mass is 558 g/mol. The Hall–Kier alpha value is -4.64. The largest absolute Gasteiger partial charge is 0.463 e. The van der Waals surface area contributed by atoms with Crippen LogP contribution in [0.4, 0.5) is 0 Å². The van der Waals surface area contributed by atoms with E-state index in [0.717, 1.165) is 16.8 Å². The molecule has 5 rings (SSSR count). The molecular weight excluding hydrogens is 528 g/mol. The molecular formula is C30H30N4O7. The Bertz CT molecular complexity index is 1540. The van der Waals surface area contributed by atoms with Crippen LogP contribution in [0.1, 0.15) is 49.6 Å². The van der Waals surface area contributed by atoms with Gasteiger partial charge in [0, 0.05) is 33.6 Å². The minimum atomic E-state index is -1.06. The van der Waals surface area contributed by atoms with Crippen LogP contribution in [0.25, 0.3) is 11.2 Å². The number of aromatic nitrogens is 4. The molecule has 0 radical (unpaired) electrons. The molecule has 11 heteroatoms. The van der Waals surface area contributed by atoms with Gasteiger partial charge in [0.05, 0.1) is 12.0 Å². The molecule has 41 heavy (non-hydrogen) atoms. The van der Waals surface area contributed by atoms with Gasteiger partial charge < -0.3 is 18.9 Å². The number of nitrogens with zero attached hydrogens (tertiary/aromatic N) is 4. The summed E-state index contributed by atoms with van der Waals surface area (Å²) in [4.78, 5) is 50.0. The van der Waals surface area contributed by atoms with E-state index in [0.29, 0.717) is 29.8 Å². The number of hydrogen-bond acceptors (Lipinski definition) is 10. The number of imidazole rings is 1. The third kappa shape index (κ3) is 6.58. The standard InChI is InChI=1S/C30H30N4O7/c1-18(35)38-16-24-27(39-19(2)36)28(40-20(3)37)30(41-24)34-17-31-26-23(14-21-10-6-4-7-11-21)32-25(33-29(26)34)15-22-12-8-5-9-13-22/h4-13,17,24,27-28,30H,14-16H2,1-3H3/t24-,27-,28-,30-/m1/s1. The Morgan fingerprint density at radius 3 is 2.02 bits per heavy atom. The molecule has 2 aromatic heterocycles. The zero-order valence-corrected chi connectivity index (χ0v) is 22.9. The highest BCUT2D eigenvalue weighted by molar-refractivity contribution is 5.74. The van der Waals surface area contributed by atoms with Gasteiger partial charge in [0.2, 0.25) is 0 Å². The van der Waals surface area contributed by atoms with Crippen LogP contribution in [-0.2, 0) is 46.2 Å². The maximum atomic E-state index is 12.1. The van der Waals surface area contributed by atoms with Crippen LogP contribution in [0.15, 0.2) is 67.0 Å². The lowest BCUT2D eigenvalue weighted by molar-refractivity contribution is -0.166. The average Bonchev–Trinajstić information content (AvgIpc) is 3.49. The molecule has 4 aromatic rings. The number of rotatable bonds is 9. The smallest absolute Gasteiger partial charge is 0.303 e. The average molecular weight is 559 g/mol. The van der Waals surface area contributed by atoms with Crippen LogP contribution in [0, 0.1) is 0 Å². The summed E-state index contributed by atoms with van der Waals surface area (Å²) in [5.74, 6) is -1.15. The van der Waals surface area contributed by atoms with Crippen molar-refractivity contribution in [3.8, 4) is 0 Å². The van der Waals surface area contributed by atoms with Crippen molar-refractivity contribution in [3.63, 3.8) is 0 Å². The van der Waals surface area contributed by atoms with E-state index in [2.05, 4.69) is 4.98 Å². The number of fused-ring (bicyclic) bond motifs is 1. The Labute approximate surface area is 236 Å². The predicted molar refractivity (Wildman–Crippen MR) is 145 cm³/mol. The van der Waals surface area contributed by atoms with E-state index in [1.807, 2.05) is 60.7 Å². The molecule has 0 N–H and O–H groups in total. The molecule has 0 spiro atoms. The maximum absolute atomic E-state index is 12.1. The van der Waals surface area contributed by atoms with Crippen LogP contribution < -0.4 is 0 Å². The zero-order chi connectivity index (χ0) is 28.9. The molecule has 0 aliphatic carbocycles. The lowest BCUT2D eigenvalue weighted by atomic mass is 10.1. The van der Waals surface area contributed by atoms with Crippen LogP contribution in [0.5, 0.6) is 0 Å². The fraction of sp³-hybridized carbons (Fsp3) is 0.333. The summed E-state index contributed by atoms with van der Waals surface area (Å²) in [5.41, 5.74) is 3.84. The first-order valence-corrected chi connectivity index (χ1v) is 13.2. The van der Waals surface area contributed by atoms with Crippen molar-refractivity contribution < 1.29 is 33.3 Å². The second-order valence-electron chi connectivity index (χ2n) is 9.75. The van der Waals surface area contributed by atoms with Gasteiger partial charge in [0.1, 0.15) is 24.1 Å². The number of esters is 3. The van der Waals surface area contributed by atoms with Crippen molar-refractivity contribution in [2.75, 3.05) is 6.61 Å². The van der Waals surface area contributed by atoms with Gasteiger partial charge >= 0.3 is 17.9 Å². The van der Waals surface area contributed by atoms with Crippen molar-refractivity contribution in [2.24, 2.45) is 0 Å². The van der Waals surface area contributed by atoms with Gasteiger partial charge in [-0.1, -0.05) is 60.7 Å². The first kappa shape index (κ1) is 27.9. The third-order valence-corrected chi connectivity index (χ3v) is 6.57. The number of ether oxygens (including phenoxy) is 4. The van der Waals surface area contributed by atoms with E-state index in [4.69, 9.17) is 28.9 Å². The summed E-state index contributed by atoms with van der Waals surface area (Å²) < 4.78 is 24.2. The van der Waals surface area contributed by atoms with E-state index in [9.17, 15) is 14.4 Å². The Kier molecular flexibility index (Phi) is 8.34. The molecule has 1 fully saturated rings. The van der Waals surface area contributed by atoms with Gasteiger partial charge in [0.15, 0.2) is 24.1 Å². The number of benzene rings is 2. The summed E-state index contributed by atoms with van der Waals surface area (Å²) in [7, 11) is 0. The van der Waals surface area contributed by atoms with E-state index in [-0.39, 0.29) is 6.61 Å². The molecule has 0 bridgehead atoms. The Morgan fingerprint density at radius 2 is 1.41 bits per heavy atom. The highest BCUT2D eigenvalue weighted by Gasteiger charge is 2.51. The summed E-state index contributed by atoms with van der Waals surface area (Å²) in [6.07, 6.45) is -1.43. The first-order valence-electron chi connectivity index (χ1n) is 13.2. The van der Waals surface area contributed by atoms with Crippen molar-refractivity contribution in [3.05, 3.63) is 89.6 Å². The molecule has 212 valence electrons. The summed E-state index contributed by atoms with van der Waals surface area (Å²) >= 11 is 0. The molecule has 0 saturated carbocycles. The summed E-state index contributed by atoms with van der Waals surface area (Å²) in [6, 6.07) is 19.8. The van der Waals surface area contributed by atoms with Gasteiger partial charge in [-0.25, -0.2) is 15.0 Å². The lowest BCUT2D eigenvalue weighted by Gasteiger charge is -2.23. The van der Waals surface area contributed by atoms with E-state index in [1.54, 1.807) is 10.9 Å². The molecule has 1 aliphatic rings. The fourth-order valence-corrected chi connectivity index (χ4v) is 4.90. The van der Waals surface area contributed by atoms with Crippen molar-refractivity contribution >= 4 is 29.1 Å². The molecule has 1 aliphatic heterocycles. The molecule has 4 atom stereocenters. The Balaban J connectivity index is 1.59. The van der Waals surface area contributed by atoms with Crippen LogP contribution in [-0.4, -0.2) is 62.3 Å². The minimum absolute atomic E-state index is 0.207. The van der Waals surface area contributed by atoms with Gasteiger partial charge in [0.25, 0.3) is 0 Å². The highest BCUT2D eigenvalue weighted by atomic mass is 16.7. The van der Waals surface area contributed by atoms with Gasteiger partial charge in [-0.3, -0.25) is 19.0 Å². The fourth-order valence-electron chi connectivity index (χ4n) is 4.90. The zero-order valence-electron chi connectivity index (χ0n) is 22.9. The molecule has 0 unspecified atom stereocenters. The number of carbonyl (C=O) groups is 3. The second-order valence-corrected chi connectivity index (χ2v) is 9.75. The summed E-state index contributed by atoms with van der Waals surface area (Å²) in [5, 5.41) is 0. The molecule has 1 saturated heterocycles. The second kappa shape index (κ2) is 12.3. The van der Waals surface area contributed by atoms with Crippen LogP contribution in [0.2, 0.25) is 0 Å². The van der Waals surface area contributed by atoms with Gasteiger partial charge in [-0.2, -0.15) is 0 Å². The lowest BCUT2D eigenvalue weighted by Crippen LogP contribution is -2.40. The SMILES string of the molecule is CC(=O)OC[C@H]1O[C@@H](n2cnc3c(Cc4ccccc4)nc(Cc4ccccc4)nc32)[C@H](OC(C)=O)[C@@H]1OC(C)=O. The third-order valence-electron chi connectivity index (χ3n) is 6.57. The highest BCUT2D eigenvalue weighted by Crippen LogP contribution is 2.36. The van der Waals surface area contributed by atoms with Gasteiger partial charge in [-0.15, -0.1) is 0 Å². The molecule has 0 amide bonds. The minimum Gasteiger partial charge on any atom is -0.463 e. The van der Waals surface area contributed by atoms with Crippen molar-refractivity contribution in [2.45, 2.75) is 58.2 Å². The summed E-state index contributed by atoms with van der Waals surface area (Å²) in [6.45, 7) is 3.55. The van der Waals surface area contributed by atoms with E-state index < -0.39 is 42.4 Å². The Morgan fingerprint density at radius 1 is 0.805 bits per heavy atom. The normalized spacial score (nSPS) is 20.1. The topological polar surface area (TPSA) is 132 Å². The van der Waals surface area contributed by atoms with E-state index in [1.165, 1.54) is 20.8 Å². The predicted octanol–water partition coefficient (Wildman–Crippen LogP) is 3.33. The quantitative estimate of drug-likeness (QED) is 0.223. The molecule has 11 nitrogen and oxygen atoms in total. The van der Waals surface area contributed by atoms with Crippen LogP contribution in [0.3, 0.4) is 0 Å². The molecule has 2 aromatic carbocycles. The number of carbonyl (C=O) groups excluding carboxylic acids is 3. The molecule has 3 heterocycles. The van der Waals surface area contributed by atoms with Gasteiger partial charge in [-0.05, 0) is 11.1 Å².